The molecule has 2 saturated heterocycles. The van der Waals surface area contributed by atoms with Crippen molar-refractivity contribution in [3.8, 4) is 0 Å². The van der Waals surface area contributed by atoms with Crippen molar-refractivity contribution >= 4 is 53.4 Å². The summed E-state index contributed by atoms with van der Waals surface area (Å²) in [5.74, 6) is 0.135. The van der Waals surface area contributed by atoms with Gasteiger partial charge in [-0.2, -0.15) is 13.2 Å². The molecule has 0 spiro atoms. The Kier molecular flexibility index (Phi) is 10.1. The van der Waals surface area contributed by atoms with Gasteiger partial charge in [0.2, 0.25) is 5.91 Å². The van der Waals surface area contributed by atoms with E-state index in [1.54, 1.807) is 6.07 Å². The van der Waals surface area contributed by atoms with Crippen molar-refractivity contribution in [2.24, 2.45) is 0 Å². The maximum atomic E-state index is 12.9. The van der Waals surface area contributed by atoms with Gasteiger partial charge in [0, 0.05) is 38.4 Å². The van der Waals surface area contributed by atoms with Crippen molar-refractivity contribution in [1.29, 1.82) is 0 Å². The molecular formula is C18H24Cl2F3N3O2S. The minimum Gasteiger partial charge on any atom is -0.369 e. The van der Waals surface area contributed by atoms with E-state index in [0.29, 0.717) is 25.3 Å². The average molecular weight is 474 g/mol. The molecule has 0 aromatic heterocycles. The Balaban J connectivity index is 0.00000210. The maximum absolute atomic E-state index is 12.9. The monoisotopic (exact) mass is 473 g/mol. The van der Waals surface area contributed by atoms with E-state index >= 15 is 0 Å². The fraction of sp³-hybridized carbons (Fsp3) is 0.556. The molecule has 2 aliphatic heterocycles. The molecule has 2 heterocycles. The molecule has 2 aliphatic rings. The van der Waals surface area contributed by atoms with Crippen molar-refractivity contribution < 1.29 is 22.8 Å². The van der Waals surface area contributed by atoms with Gasteiger partial charge >= 0.3 is 6.18 Å². The number of piperazine rings is 1. The van der Waals surface area contributed by atoms with Gasteiger partial charge in [-0.3, -0.25) is 19.4 Å². The van der Waals surface area contributed by atoms with Gasteiger partial charge in [0.1, 0.15) is 0 Å². The van der Waals surface area contributed by atoms with Gasteiger partial charge in [-0.05, 0) is 37.6 Å². The van der Waals surface area contributed by atoms with Crippen LogP contribution in [-0.4, -0.2) is 66.0 Å². The molecule has 0 aliphatic carbocycles. The van der Waals surface area contributed by atoms with Crippen molar-refractivity contribution in [3.05, 3.63) is 29.8 Å². The first kappa shape index (κ1) is 25.9. The summed E-state index contributed by atoms with van der Waals surface area (Å²) in [5, 5.41) is -0.158. The Morgan fingerprint density at radius 1 is 0.966 bits per heavy atom. The molecule has 0 N–H and O–H groups in total. The van der Waals surface area contributed by atoms with E-state index in [1.807, 2.05) is 4.90 Å². The van der Waals surface area contributed by atoms with Gasteiger partial charge in [0.25, 0.3) is 5.24 Å². The molecule has 0 atom stereocenters. The van der Waals surface area contributed by atoms with Crippen molar-refractivity contribution in [1.82, 2.24) is 9.80 Å². The number of thioether (sulfide) groups is 1. The first-order valence-electron chi connectivity index (χ1n) is 8.96. The minimum atomic E-state index is -4.32. The number of hydrogen-bond acceptors (Lipinski definition) is 5. The third-order valence-corrected chi connectivity index (χ3v) is 5.72. The second-order valence-corrected chi connectivity index (χ2v) is 7.61. The van der Waals surface area contributed by atoms with Crippen LogP contribution in [0.5, 0.6) is 0 Å². The highest BCUT2D eigenvalue weighted by Crippen LogP contribution is 2.31. The zero-order valence-corrected chi connectivity index (χ0v) is 18.1. The first-order valence-corrected chi connectivity index (χ1v) is 9.95. The van der Waals surface area contributed by atoms with Crippen LogP contribution in [0.25, 0.3) is 0 Å². The minimum absolute atomic E-state index is 0. The summed E-state index contributed by atoms with van der Waals surface area (Å²) in [5.41, 5.74) is -0.0142. The number of carbonyl (C=O) groups excluding carboxylic acids is 2. The lowest BCUT2D eigenvalue weighted by Crippen LogP contribution is -2.46. The van der Waals surface area contributed by atoms with E-state index in [4.69, 9.17) is 0 Å². The second-order valence-electron chi connectivity index (χ2n) is 6.68. The molecule has 1 aromatic rings. The summed E-state index contributed by atoms with van der Waals surface area (Å²) < 4.78 is 38.6. The fourth-order valence-electron chi connectivity index (χ4n) is 3.31. The number of hydrogen-bond donors (Lipinski definition) is 0. The molecule has 2 amide bonds. The predicted octanol–water partition coefficient (Wildman–Crippen LogP) is 4.15. The third-order valence-electron chi connectivity index (χ3n) is 4.86. The van der Waals surface area contributed by atoms with E-state index in [2.05, 4.69) is 4.90 Å². The highest BCUT2D eigenvalue weighted by molar-refractivity contribution is 8.14. The van der Waals surface area contributed by atoms with Gasteiger partial charge in [-0.15, -0.1) is 24.8 Å². The summed E-state index contributed by atoms with van der Waals surface area (Å²) in [4.78, 5) is 28.6. The fourth-order valence-corrected chi connectivity index (χ4v) is 4.06. The van der Waals surface area contributed by atoms with Crippen LogP contribution in [0.3, 0.4) is 0 Å². The molecule has 0 saturated carbocycles. The van der Waals surface area contributed by atoms with Crippen LogP contribution in [0.4, 0.5) is 23.7 Å². The predicted molar refractivity (Wildman–Crippen MR) is 113 cm³/mol. The zero-order valence-electron chi connectivity index (χ0n) is 15.7. The molecule has 0 bridgehead atoms. The molecule has 2 fully saturated rings. The molecule has 5 nitrogen and oxygen atoms in total. The molecular weight excluding hydrogens is 450 g/mol. The van der Waals surface area contributed by atoms with Crippen molar-refractivity contribution in [2.45, 2.75) is 19.0 Å². The van der Waals surface area contributed by atoms with Crippen LogP contribution >= 0.6 is 36.6 Å². The van der Waals surface area contributed by atoms with Gasteiger partial charge in [0.05, 0.1) is 11.3 Å². The Labute approximate surface area is 184 Å². The Morgan fingerprint density at radius 3 is 2.21 bits per heavy atom. The molecule has 3 rings (SSSR count). The zero-order chi connectivity index (χ0) is 19.4. The molecule has 11 heteroatoms. The number of anilines is 1. The number of amides is 2. The number of nitrogens with zero attached hydrogens (tertiary/aromatic N) is 3. The topological polar surface area (TPSA) is 43.9 Å². The third kappa shape index (κ3) is 6.94. The number of benzene rings is 1. The quantitative estimate of drug-likeness (QED) is 0.580. The van der Waals surface area contributed by atoms with E-state index < -0.39 is 11.7 Å². The van der Waals surface area contributed by atoms with Crippen LogP contribution in [0.1, 0.15) is 18.4 Å². The van der Waals surface area contributed by atoms with Crippen LogP contribution < -0.4 is 4.90 Å². The van der Waals surface area contributed by atoms with Crippen LogP contribution in [0, 0.1) is 0 Å². The lowest BCUT2D eigenvalue weighted by atomic mass is 10.1. The number of unbranched alkanes of at least 4 members (excludes halogenated alkanes) is 1. The van der Waals surface area contributed by atoms with Crippen molar-refractivity contribution in [3.63, 3.8) is 0 Å². The SMILES string of the molecule is Cl.Cl.O=C1CSC(=O)N1CCCCN1CCN(c2cccc(C(F)(F)F)c2)CC1. The second kappa shape index (κ2) is 11.3. The van der Waals surface area contributed by atoms with Crippen molar-refractivity contribution in [2.75, 3.05) is 49.9 Å². The average Bonchev–Trinajstić information content (AvgIpc) is 2.97. The number of alkyl halides is 3. The Hall–Kier alpha value is -1.16. The summed E-state index contributed by atoms with van der Waals surface area (Å²) in [6, 6.07) is 5.46. The molecule has 164 valence electrons. The number of imide groups is 1. The normalized spacial score (nSPS) is 17.9. The van der Waals surface area contributed by atoms with E-state index in [0.717, 1.165) is 50.3 Å². The number of rotatable bonds is 6. The van der Waals surface area contributed by atoms with Crippen LogP contribution in [-0.2, 0) is 11.0 Å². The Morgan fingerprint density at radius 2 is 1.62 bits per heavy atom. The van der Waals surface area contributed by atoms with E-state index in [-0.39, 0.29) is 41.7 Å². The van der Waals surface area contributed by atoms with Gasteiger partial charge < -0.3 is 4.90 Å². The van der Waals surface area contributed by atoms with Crippen LogP contribution in [0.15, 0.2) is 24.3 Å². The molecule has 0 radical (unpaired) electrons. The van der Waals surface area contributed by atoms with Gasteiger partial charge in [-0.25, -0.2) is 0 Å². The highest BCUT2D eigenvalue weighted by Gasteiger charge is 2.31. The summed E-state index contributed by atoms with van der Waals surface area (Å²) >= 11 is 1.05. The number of carbonyl (C=O) groups is 2. The smallest absolute Gasteiger partial charge is 0.369 e. The largest absolute Gasteiger partial charge is 0.416 e. The standard InChI is InChI=1S/C18H22F3N3O2S.2ClH/c19-18(20,21)14-4-3-5-15(12-14)23-10-8-22(9-11-23)6-1-2-7-24-16(25)13-27-17(24)26;;/h3-5,12H,1-2,6-11,13H2;2*1H. The van der Waals surface area contributed by atoms with E-state index in [1.165, 1.54) is 17.0 Å². The summed E-state index contributed by atoms with van der Waals surface area (Å²) in [6.45, 7) is 4.26. The highest BCUT2D eigenvalue weighted by atomic mass is 35.5. The Bertz CT molecular complexity index is 685. The molecule has 0 unspecified atom stereocenters. The number of halogens is 5. The van der Waals surface area contributed by atoms with Gasteiger partial charge in [0.15, 0.2) is 0 Å². The molecule has 1 aromatic carbocycles. The van der Waals surface area contributed by atoms with Crippen LogP contribution in [0.2, 0.25) is 0 Å². The summed E-state index contributed by atoms with van der Waals surface area (Å²) in [7, 11) is 0. The lowest BCUT2D eigenvalue weighted by Gasteiger charge is -2.36. The van der Waals surface area contributed by atoms with E-state index in [9.17, 15) is 22.8 Å². The lowest BCUT2D eigenvalue weighted by molar-refractivity contribution is -0.137. The summed E-state index contributed by atoms with van der Waals surface area (Å²) in [6.07, 6.45) is -2.67. The maximum Gasteiger partial charge on any atom is 0.416 e. The first-order chi connectivity index (χ1) is 12.8. The molecule has 29 heavy (non-hydrogen) atoms. The van der Waals surface area contributed by atoms with Gasteiger partial charge in [-0.1, -0.05) is 17.8 Å².